The largest absolute Gasteiger partial charge is 0.327 e. The second-order valence-electron chi connectivity index (χ2n) is 6.79. The summed E-state index contributed by atoms with van der Waals surface area (Å²) in [5.41, 5.74) is 3.44. The molecule has 1 unspecified atom stereocenters. The molecule has 25 heavy (non-hydrogen) atoms. The van der Waals surface area contributed by atoms with E-state index < -0.39 is 0 Å². The predicted octanol–water partition coefficient (Wildman–Crippen LogP) is 3.43. The van der Waals surface area contributed by atoms with Crippen molar-refractivity contribution in [2.45, 2.75) is 19.4 Å². The number of carbonyl (C=O) groups excluding carboxylic acids is 1. The van der Waals surface area contributed by atoms with Crippen molar-refractivity contribution in [3.05, 3.63) is 71.3 Å². The number of urea groups is 1. The lowest BCUT2D eigenvalue weighted by molar-refractivity contribution is 0.197. The maximum atomic E-state index is 12.9. The first-order chi connectivity index (χ1) is 12.1. The summed E-state index contributed by atoms with van der Waals surface area (Å²) in [7, 11) is 2.11. The molecule has 1 aliphatic rings. The topological polar surface area (TPSA) is 35.6 Å². The number of carbonyl (C=O) groups is 1. The van der Waals surface area contributed by atoms with E-state index in [1.807, 2.05) is 35.2 Å². The third-order valence-corrected chi connectivity index (χ3v) is 4.91. The first-order valence-corrected chi connectivity index (χ1v) is 8.99. The summed E-state index contributed by atoms with van der Waals surface area (Å²) in [5.74, 6) is 0. The fourth-order valence-corrected chi connectivity index (χ4v) is 3.36. The number of aryl methyl sites for hydroxylation is 1. The van der Waals surface area contributed by atoms with Crippen LogP contribution in [0.25, 0.3) is 0 Å². The average molecular weight is 337 g/mol. The third kappa shape index (κ3) is 4.40. The van der Waals surface area contributed by atoms with Crippen molar-refractivity contribution in [1.82, 2.24) is 15.1 Å². The van der Waals surface area contributed by atoms with Gasteiger partial charge < -0.3 is 15.1 Å². The lowest BCUT2D eigenvalue weighted by atomic mass is 9.95. The SMILES string of the molecule is Cc1ccccc1C(NC(=O)N1CCCN(C)CC1)c1ccccc1. The van der Waals surface area contributed by atoms with E-state index in [0.29, 0.717) is 0 Å². The molecule has 2 amide bonds. The fourth-order valence-electron chi connectivity index (χ4n) is 3.36. The zero-order valence-corrected chi connectivity index (χ0v) is 15.1. The predicted molar refractivity (Wildman–Crippen MR) is 102 cm³/mol. The number of likely N-dealkylation sites (N-methyl/N-ethyl adjacent to an activating group) is 1. The molecule has 0 aliphatic carbocycles. The Morgan fingerprint density at radius 3 is 2.44 bits per heavy atom. The Morgan fingerprint density at radius 1 is 0.960 bits per heavy atom. The van der Waals surface area contributed by atoms with Gasteiger partial charge in [0.25, 0.3) is 0 Å². The van der Waals surface area contributed by atoms with Gasteiger partial charge in [-0.2, -0.15) is 0 Å². The highest BCUT2D eigenvalue weighted by molar-refractivity contribution is 5.75. The molecule has 1 saturated heterocycles. The molecule has 1 fully saturated rings. The van der Waals surface area contributed by atoms with Crippen molar-refractivity contribution in [1.29, 1.82) is 0 Å². The molecule has 3 rings (SSSR count). The van der Waals surface area contributed by atoms with Crippen LogP contribution in [0.2, 0.25) is 0 Å². The molecule has 2 aromatic rings. The minimum absolute atomic E-state index is 0.0207. The number of rotatable bonds is 3. The molecule has 4 nitrogen and oxygen atoms in total. The molecule has 0 saturated carbocycles. The Bertz CT molecular complexity index is 701. The van der Waals surface area contributed by atoms with E-state index in [1.54, 1.807) is 0 Å². The van der Waals surface area contributed by atoms with Gasteiger partial charge in [-0.15, -0.1) is 0 Å². The Hall–Kier alpha value is -2.33. The molecule has 1 heterocycles. The maximum Gasteiger partial charge on any atom is 0.318 e. The van der Waals surface area contributed by atoms with Crippen LogP contribution in [0, 0.1) is 6.92 Å². The van der Waals surface area contributed by atoms with Gasteiger partial charge in [-0.3, -0.25) is 0 Å². The van der Waals surface area contributed by atoms with E-state index in [4.69, 9.17) is 0 Å². The minimum atomic E-state index is -0.129. The maximum absolute atomic E-state index is 12.9. The van der Waals surface area contributed by atoms with Crippen LogP contribution in [0.3, 0.4) is 0 Å². The smallest absolute Gasteiger partial charge is 0.318 e. The highest BCUT2D eigenvalue weighted by atomic mass is 16.2. The summed E-state index contributed by atoms with van der Waals surface area (Å²) in [6, 6.07) is 18.4. The molecule has 0 aromatic heterocycles. The Balaban J connectivity index is 1.83. The van der Waals surface area contributed by atoms with Crippen molar-refractivity contribution < 1.29 is 4.79 Å². The van der Waals surface area contributed by atoms with E-state index >= 15 is 0 Å². The van der Waals surface area contributed by atoms with E-state index in [0.717, 1.165) is 43.7 Å². The van der Waals surface area contributed by atoms with Gasteiger partial charge in [-0.25, -0.2) is 4.79 Å². The fraction of sp³-hybridized carbons (Fsp3) is 0.381. The summed E-state index contributed by atoms with van der Waals surface area (Å²) in [5, 5.41) is 3.27. The van der Waals surface area contributed by atoms with E-state index in [1.165, 1.54) is 5.56 Å². The lowest BCUT2D eigenvalue weighted by Gasteiger charge is -2.27. The summed E-state index contributed by atoms with van der Waals surface area (Å²) < 4.78 is 0. The Kier molecular flexibility index (Phi) is 5.71. The second kappa shape index (κ2) is 8.17. The van der Waals surface area contributed by atoms with Gasteiger partial charge in [0, 0.05) is 19.6 Å². The average Bonchev–Trinajstić information content (AvgIpc) is 2.86. The molecule has 1 atom stereocenters. The Labute approximate surface area is 150 Å². The molecule has 2 aromatic carbocycles. The molecule has 1 aliphatic heterocycles. The van der Waals surface area contributed by atoms with Crippen LogP contribution in [-0.4, -0.2) is 49.1 Å². The van der Waals surface area contributed by atoms with Crippen LogP contribution in [0.5, 0.6) is 0 Å². The highest BCUT2D eigenvalue weighted by Gasteiger charge is 2.23. The van der Waals surface area contributed by atoms with Crippen molar-refractivity contribution in [2.24, 2.45) is 0 Å². The van der Waals surface area contributed by atoms with Crippen molar-refractivity contribution in [3.8, 4) is 0 Å². The molecule has 0 radical (unpaired) electrons. The number of nitrogens with one attached hydrogen (secondary N) is 1. The summed E-state index contributed by atoms with van der Waals surface area (Å²) in [6.07, 6.45) is 1.02. The number of nitrogens with zero attached hydrogens (tertiary/aromatic N) is 2. The van der Waals surface area contributed by atoms with Gasteiger partial charge in [-0.05, 0) is 43.6 Å². The standard InChI is InChI=1S/C21H27N3O/c1-17-9-6-7-12-19(17)20(18-10-4-3-5-11-18)22-21(25)24-14-8-13-23(2)15-16-24/h3-7,9-12,20H,8,13-16H2,1-2H3,(H,22,25). The number of amides is 2. The van der Waals surface area contributed by atoms with Crippen molar-refractivity contribution in [2.75, 3.05) is 33.2 Å². The van der Waals surface area contributed by atoms with Crippen molar-refractivity contribution >= 4 is 6.03 Å². The highest BCUT2D eigenvalue weighted by Crippen LogP contribution is 2.25. The van der Waals surface area contributed by atoms with Gasteiger partial charge in [-0.1, -0.05) is 54.6 Å². The van der Waals surface area contributed by atoms with Crippen LogP contribution in [0.4, 0.5) is 4.79 Å². The van der Waals surface area contributed by atoms with Gasteiger partial charge in [0.1, 0.15) is 0 Å². The summed E-state index contributed by atoms with van der Waals surface area (Å²) >= 11 is 0. The van der Waals surface area contributed by atoms with E-state index in [9.17, 15) is 4.79 Å². The summed E-state index contributed by atoms with van der Waals surface area (Å²) in [4.78, 5) is 17.1. The van der Waals surface area contributed by atoms with Crippen LogP contribution < -0.4 is 5.32 Å². The molecule has 0 bridgehead atoms. The lowest BCUT2D eigenvalue weighted by Crippen LogP contribution is -2.43. The number of benzene rings is 2. The molecule has 0 spiro atoms. The van der Waals surface area contributed by atoms with Crippen LogP contribution >= 0.6 is 0 Å². The van der Waals surface area contributed by atoms with E-state index in [2.05, 4.69) is 48.5 Å². The van der Waals surface area contributed by atoms with Gasteiger partial charge in [0.05, 0.1) is 6.04 Å². The number of hydrogen-bond donors (Lipinski definition) is 1. The van der Waals surface area contributed by atoms with E-state index in [-0.39, 0.29) is 12.1 Å². The van der Waals surface area contributed by atoms with Gasteiger partial charge >= 0.3 is 6.03 Å². The monoisotopic (exact) mass is 337 g/mol. The zero-order valence-electron chi connectivity index (χ0n) is 15.1. The molecular weight excluding hydrogens is 310 g/mol. The molecule has 132 valence electrons. The third-order valence-electron chi connectivity index (χ3n) is 4.91. The van der Waals surface area contributed by atoms with Gasteiger partial charge in [0.15, 0.2) is 0 Å². The number of hydrogen-bond acceptors (Lipinski definition) is 2. The quantitative estimate of drug-likeness (QED) is 0.931. The summed E-state index contributed by atoms with van der Waals surface area (Å²) in [6.45, 7) is 5.65. The molecular formula is C21H27N3O. The van der Waals surface area contributed by atoms with Crippen molar-refractivity contribution in [3.63, 3.8) is 0 Å². The van der Waals surface area contributed by atoms with Crippen LogP contribution in [0.1, 0.15) is 29.2 Å². The van der Waals surface area contributed by atoms with Gasteiger partial charge in [0.2, 0.25) is 0 Å². The first-order valence-electron chi connectivity index (χ1n) is 8.99. The molecule has 4 heteroatoms. The minimum Gasteiger partial charge on any atom is -0.327 e. The normalized spacial score (nSPS) is 17.0. The zero-order chi connectivity index (χ0) is 17.6. The molecule has 1 N–H and O–H groups in total. The first kappa shape index (κ1) is 17.5. The van der Waals surface area contributed by atoms with Crippen LogP contribution in [-0.2, 0) is 0 Å². The second-order valence-corrected chi connectivity index (χ2v) is 6.79. The van der Waals surface area contributed by atoms with Crippen LogP contribution in [0.15, 0.2) is 54.6 Å². The Morgan fingerprint density at radius 2 is 1.68 bits per heavy atom.